The van der Waals surface area contributed by atoms with Crippen LogP contribution in [0.1, 0.15) is 0 Å². The molecule has 0 unspecified atom stereocenters. The Labute approximate surface area is 107 Å². The molecule has 0 N–H and O–H groups in total. The highest BCUT2D eigenvalue weighted by Crippen LogP contribution is 2.18. The third kappa shape index (κ3) is 2.25. The van der Waals surface area contributed by atoms with E-state index in [1.165, 1.54) is 11.3 Å². The zero-order valence-corrected chi connectivity index (χ0v) is 10.3. The minimum Gasteiger partial charge on any atom is -0.429 e. The molecule has 0 amide bonds. The van der Waals surface area contributed by atoms with Crippen LogP contribution in [0.15, 0.2) is 57.9 Å². The predicted octanol–water partition coefficient (Wildman–Crippen LogP) is 4.38. The van der Waals surface area contributed by atoms with E-state index in [4.69, 9.17) is 16.0 Å². The molecular formula is C13H8ClNOS. The molecule has 0 bridgehead atoms. The van der Waals surface area contributed by atoms with Crippen molar-refractivity contribution in [2.45, 2.75) is 0 Å². The van der Waals surface area contributed by atoms with Crippen LogP contribution in [-0.4, -0.2) is 0 Å². The maximum Gasteiger partial charge on any atom is 0.279 e. The van der Waals surface area contributed by atoms with Crippen molar-refractivity contribution in [2.75, 3.05) is 0 Å². The number of hydrogen-bond donors (Lipinski definition) is 0. The lowest BCUT2D eigenvalue weighted by Crippen LogP contribution is -1.87. The SMILES string of the molecule is Clc1ccc(N=c2oc3ccccc3s2)cc1. The molecule has 0 spiro atoms. The Morgan fingerprint density at radius 2 is 1.76 bits per heavy atom. The molecule has 0 radical (unpaired) electrons. The summed E-state index contributed by atoms with van der Waals surface area (Å²) in [5.41, 5.74) is 1.70. The van der Waals surface area contributed by atoms with Gasteiger partial charge in [0.25, 0.3) is 4.87 Å². The summed E-state index contributed by atoms with van der Waals surface area (Å²) in [6.45, 7) is 0. The van der Waals surface area contributed by atoms with Gasteiger partial charge < -0.3 is 4.42 Å². The first-order valence-corrected chi connectivity index (χ1v) is 6.30. The maximum atomic E-state index is 5.82. The number of benzene rings is 2. The molecule has 0 saturated heterocycles. The van der Waals surface area contributed by atoms with Gasteiger partial charge in [-0.3, -0.25) is 0 Å². The van der Waals surface area contributed by atoms with Gasteiger partial charge in [-0.25, -0.2) is 4.99 Å². The van der Waals surface area contributed by atoms with Crippen molar-refractivity contribution < 1.29 is 4.42 Å². The predicted molar refractivity (Wildman–Crippen MR) is 70.8 cm³/mol. The molecule has 3 rings (SSSR count). The molecule has 2 aromatic carbocycles. The molecule has 1 aromatic heterocycles. The molecule has 0 aliphatic carbocycles. The lowest BCUT2D eigenvalue weighted by atomic mass is 10.3. The minimum absolute atomic E-state index is 0.647. The van der Waals surface area contributed by atoms with Crippen molar-refractivity contribution in [2.24, 2.45) is 4.99 Å². The van der Waals surface area contributed by atoms with Gasteiger partial charge in [-0.15, -0.1) is 0 Å². The van der Waals surface area contributed by atoms with E-state index in [2.05, 4.69) is 4.99 Å². The summed E-state index contributed by atoms with van der Waals surface area (Å²) in [6, 6.07) is 15.2. The van der Waals surface area contributed by atoms with E-state index in [0.717, 1.165) is 16.0 Å². The normalized spacial score (nSPS) is 12.2. The second-order valence-corrected chi connectivity index (χ2v) is 4.93. The number of hydrogen-bond acceptors (Lipinski definition) is 3. The number of para-hydroxylation sites is 1. The third-order valence-corrected chi connectivity index (χ3v) is 3.45. The Hall–Kier alpha value is -1.58. The summed E-state index contributed by atoms with van der Waals surface area (Å²) >= 11 is 7.35. The third-order valence-electron chi connectivity index (χ3n) is 2.29. The fourth-order valence-electron chi connectivity index (χ4n) is 1.49. The van der Waals surface area contributed by atoms with Crippen LogP contribution in [0, 0.1) is 0 Å². The van der Waals surface area contributed by atoms with E-state index in [0.29, 0.717) is 9.89 Å². The fourth-order valence-corrected chi connectivity index (χ4v) is 2.45. The van der Waals surface area contributed by atoms with Crippen LogP contribution < -0.4 is 4.87 Å². The van der Waals surface area contributed by atoms with E-state index in [1.54, 1.807) is 0 Å². The van der Waals surface area contributed by atoms with Crippen molar-refractivity contribution >= 4 is 38.9 Å². The molecule has 17 heavy (non-hydrogen) atoms. The molecule has 1 heterocycles. The Morgan fingerprint density at radius 1 is 1.00 bits per heavy atom. The number of rotatable bonds is 1. The first-order chi connectivity index (χ1) is 8.31. The Morgan fingerprint density at radius 3 is 2.53 bits per heavy atom. The van der Waals surface area contributed by atoms with Gasteiger partial charge in [-0.1, -0.05) is 35.1 Å². The van der Waals surface area contributed by atoms with Gasteiger partial charge >= 0.3 is 0 Å². The minimum atomic E-state index is 0.647. The number of nitrogens with zero attached hydrogens (tertiary/aromatic N) is 1. The zero-order valence-electron chi connectivity index (χ0n) is 8.76. The molecule has 0 atom stereocenters. The Balaban J connectivity index is 2.11. The lowest BCUT2D eigenvalue weighted by molar-refractivity contribution is 0.570. The second-order valence-electron chi connectivity index (χ2n) is 3.50. The monoisotopic (exact) mass is 261 g/mol. The van der Waals surface area contributed by atoms with Crippen LogP contribution in [-0.2, 0) is 0 Å². The fraction of sp³-hybridized carbons (Fsp3) is 0. The molecule has 3 aromatic rings. The molecule has 0 fully saturated rings. The van der Waals surface area contributed by atoms with Crippen LogP contribution in [0.2, 0.25) is 5.02 Å². The van der Waals surface area contributed by atoms with Crippen LogP contribution in [0.5, 0.6) is 0 Å². The van der Waals surface area contributed by atoms with Crippen molar-refractivity contribution in [1.29, 1.82) is 0 Å². The quantitative estimate of drug-likeness (QED) is 0.638. The van der Waals surface area contributed by atoms with Gasteiger partial charge in [-0.05, 0) is 36.4 Å². The second kappa shape index (κ2) is 4.35. The molecule has 2 nitrogen and oxygen atoms in total. The van der Waals surface area contributed by atoms with Crippen molar-refractivity contribution in [3.8, 4) is 0 Å². The van der Waals surface area contributed by atoms with Gasteiger partial charge in [0, 0.05) is 5.02 Å². The standard InChI is InChI=1S/C13H8ClNOS/c14-9-5-7-10(8-6-9)15-13-16-11-3-1-2-4-12(11)17-13/h1-8H. The van der Waals surface area contributed by atoms with Crippen molar-refractivity contribution in [3.05, 3.63) is 58.4 Å². The zero-order chi connectivity index (χ0) is 11.7. The number of fused-ring (bicyclic) bond motifs is 1. The maximum absolute atomic E-state index is 5.82. The summed E-state index contributed by atoms with van der Waals surface area (Å²) in [5, 5.41) is 0.706. The average molecular weight is 262 g/mol. The van der Waals surface area contributed by atoms with Crippen LogP contribution in [0.3, 0.4) is 0 Å². The van der Waals surface area contributed by atoms with Gasteiger partial charge in [0.2, 0.25) is 0 Å². The van der Waals surface area contributed by atoms with Gasteiger partial charge in [-0.2, -0.15) is 0 Å². The Kier molecular flexibility index (Phi) is 2.71. The summed E-state index contributed by atoms with van der Waals surface area (Å²) in [5.74, 6) is 0. The molecule has 0 aliphatic rings. The van der Waals surface area contributed by atoms with E-state index in [9.17, 15) is 0 Å². The van der Waals surface area contributed by atoms with Crippen LogP contribution >= 0.6 is 22.9 Å². The van der Waals surface area contributed by atoms with Crippen molar-refractivity contribution in [3.63, 3.8) is 0 Å². The van der Waals surface area contributed by atoms with E-state index in [-0.39, 0.29) is 0 Å². The van der Waals surface area contributed by atoms with Gasteiger partial charge in [0.1, 0.15) is 5.58 Å². The van der Waals surface area contributed by atoms with Gasteiger partial charge in [0.05, 0.1) is 10.4 Å². The summed E-state index contributed by atoms with van der Waals surface area (Å²) in [4.78, 5) is 5.06. The first-order valence-electron chi connectivity index (χ1n) is 5.10. The average Bonchev–Trinajstić information content (AvgIpc) is 2.74. The molecule has 0 aliphatic heterocycles. The van der Waals surface area contributed by atoms with E-state index >= 15 is 0 Å². The van der Waals surface area contributed by atoms with Crippen LogP contribution in [0.25, 0.3) is 10.3 Å². The van der Waals surface area contributed by atoms with Gasteiger partial charge in [0.15, 0.2) is 0 Å². The molecule has 0 saturated carbocycles. The molecule has 84 valence electrons. The smallest absolute Gasteiger partial charge is 0.279 e. The highest BCUT2D eigenvalue weighted by molar-refractivity contribution is 7.16. The lowest BCUT2D eigenvalue weighted by Gasteiger charge is -1.90. The summed E-state index contributed by atoms with van der Waals surface area (Å²) in [6.07, 6.45) is 0. The highest BCUT2D eigenvalue weighted by Gasteiger charge is 1.98. The largest absolute Gasteiger partial charge is 0.429 e. The van der Waals surface area contributed by atoms with E-state index < -0.39 is 0 Å². The van der Waals surface area contributed by atoms with Crippen LogP contribution in [0.4, 0.5) is 5.69 Å². The number of halogens is 1. The van der Waals surface area contributed by atoms with E-state index in [1.807, 2.05) is 48.5 Å². The summed E-state index contributed by atoms with van der Waals surface area (Å²) < 4.78 is 6.72. The highest BCUT2D eigenvalue weighted by atomic mass is 35.5. The Bertz CT molecular complexity index is 676. The first kappa shape index (κ1) is 10.6. The topological polar surface area (TPSA) is 25.5 Å². The van der Waals surface area contributed by atoms with Crippen molar-refractivity contribution in [1.82, 2.24) is 0 Å². The molecule has 4 heteroatoms. The summed E-state index contributed by atoms with van der Waals surface area (Å²) in [7, 11) is 0. The molecular weight excluding hydrogens is 254 g/mol.